The minimum atomic E-state index is -3.02. The van der Waals surface area contributed by atoms with Crippen molar-refractivity contribution in [1.82, 2.24) is 4.72 Å². The first-order chi connectivity index (χ1) is 5.91. The van der Waals surface area contributed by atoms with Crippen molar-refractivity contribution in [3.63, 3.8) is 0 Å². The Morgan fingerprint density at radius 3 is 2.15 bits per heavy atom. The van der Waals surface area contributed by atoms with Gasteiger partial charge < -0.3 is 0 Å². The van der Waals surface area contributed by atoms with E-state index in [1.54, 1.807) is 6.92 Å². The predicted octanol–water partition coefficient (Wildman–Crippen LogP) is 1.75. The Kier molecular flexibility index (Phi) is 5.56. The molecule has 0 amide bonds. The molecule has 0 aromatic heterocycles. The first-order valence-electron chi connectivity index (χ1n) is 4.91. The van der Waals surface area contributed by atoms with E-state index in [9.17, 15) is 8.42 Å². The van der Waals surface area contributed by atoms with Crippen LogP contribution in [-0.2, 0) is 10.0 Å². The van der Waals surface area contributed by atoms with E-state index in [2.05, 4.69) is 18.6 Å². The van der Waals surface area contributed by atoms with Gasteiger partial charge in [-0.05, 0) is 26.2 Å². The van der Waals surface area contributed by atoms with Crippen LogP contribution in [0.25, 0.3) is 0 Å². The topological polar surface area (TPSA) is 46.2 Å². The molecule has 0 heterocycles. The van der Waals surface area contributed by atoms with Crippen LogP contribution < -0.4 is 4.72 Å². The normalized spacial score (nSPS) is 16.9. The van der Waals surface area contributed by atoms with E-state index >= 15 is 0 Å². The predicted molar refractivity (Wildman–Crippen MR) is 56.1 cm³/mol. The fourth-order valence-electron chi connectivity index (χ4n) is 1.21. The zero-order valence-electron chi connectivity index (χ0n) is 9.00. The number of nitrogens with one attached hydrogen (secondary N) is 1. The standard InChI is InChI=1S/C9H21NO2S/c1-5-8(3)7-9(4)10-13(11,12)6-2/h8-10H,5-7H2,1-4H3. The van der Waals surface area contributed by atoms with Crippen molar-refractivity contribution in [2.75, 3.05) is 5.75 Å². The van der Waals surface area contributed by atoms with Crippen molar-refractivity contribution in [3.8, 4) is 0 Å². The highest BCUT2D eigenvalue weighted by Gasteiger charge is 2.13. The molecule has 0 aromatic carbocycles. The Balaban J connectivity index is 3.94. The molecule has 0 aliphatic carbocycles. The maximum Gasteiger partial charge on any atom is 0.211 e. The van der Waals surface area contributed by atoms with Crippen LogP contribution in [0.1, 0.15) is 40.5 Å². The van der Waals surface area contributed by atoms with Crippen molar-refractivity contribution < 1.29 is 8.42 Å². The number of hydrogen-bond donors (Lipinski definition) is 1. The molecule has 0 rings (SSSR count). The number of rotatable bonds is 6. The molecule has 80 valence electrons. The minimum absolute atomic E-state index is 0.0555. The highest BCUT2D eigenvalue weighted by molar-refractivity contribution is 7.89. The van der Waals surface area contributed by atoms with E-state index in [1.165, 1.54) is 0 Å². The maximum atomic E-state index is 11.2. The summed E-state index contributed by atoms with van der Waals surface area (Å²) in [4.78, 5) is 0. The molecule has 0 spiro atoms. The molecule has 13 heavy (non-hydrogen) atoms. The summed E-state index contributed by atoms with van der Waals surface area (Å²) in [5.74, 6) is 0.743. The fraction of sp³-hybridized carbons (Fsp3) is 1.00. The average Bonchev–Trinajstić information content (AvgIpc) is 2.03. The van der Waals surface area contributed by atoms with Crippen molar-refractivity contribution >= 4 is 10.0 Å². The van der Waals surface area contributed by atoms with Gasteiger partial charge in [-0.2, -0.15) is 0 Å². The van der Waals surface area contributed by atoms with Crippen LogP contribution in [-0.4, -0.2) is 20.2 Å². The summed E-state index contributed by atoms with van der Waals surface area (Å²) in [6.07, 6.45) is 2.01. The zero-order valence-corrected chi connectivity index (χ0v) is 9.82. The van der Waals surface area contributed by atoms with Gasteiger partial charge in [0.05, 0.1) is 5.75 Å². The van der Waals surface area contributed by atoms with Gasteiger partial charge >= 0.3 is 0 Å². The molecule has 0 fully saturated rings. The number of hydrogen-bond acceptors (Lipinski definition) is 2. The molecule has 0 aliphatic heterocycles. The average molecular weight is 207 g/mol. The van der Waals surface area contributed by atoms with Crippen LogP contribution in [0, 0.1) is 5.92 Å². The van der Waals surface area contributed by atoms with E-state index in [0.29, 0.717) is 5.92 Å². The third-order valence-corrected chi connectivity index (χ3v) is 3.74. The lowest BCUT2D eigenvalue weighted by Gasteiger charge is -2.16. The van der Waals surface area contributed by atoms with Crippen LogP contribution in [0.4, 0.5) is 0 Å². The second-order valence-electron chi connectivity index (χ2n) is 3.67. The molecule has 0 aromatic rings. The third-order valence-electron chi connectivity index (χ3n) is 2.21. The van der Waals surface area contributed by atoms with Gasteiger partial charge in [0, 0.05) is 6.04 Å². The lowest BCUT2D eigenvalue weighted by atomic mass is 10.0. The monoisotopic (exact) mass is 207 g/mol. The third kappa shape index (κ3) is 6.05. The Labute approximate surface area is 82.0 Å². The summed E-state index contributed by atoms with van der Waals surface area (Å²) in [6.45, 7) is 7.82. The van der Waals surface area contributed by atoms with Crippen LogP contribution in [0.3, 0.4) is 0 Å². The van der Waals surface area contributed by atoms with E-state index < -0.39 is 10.0 Å². The van der Waals surface area contributed by atoms with Crippen molar-refractivity contribution in [2.45, 2.75) is 46.6 Å². The largest absolute Gasteiger partial charge is 0.212 e. The fourth-order valence-corrected chi connectivity index (χ4v) is 2.08. The summed E-state index contributed by atoms with van der Waals surface area (Å²) >= 11 is 0. The van der Waals surface area contributed by atoms with Gasteiger partial charge in [-0.1, -0.05) is 20.3 Å². The molecular weight excluding hydrogens is 186 g/mol. The SMILES string of the molecule is CCC(C)CC(C)NS(=O)(=O)CC. The lowest BCUT2D eigenvalue weighted by molar-refractivity contribution is 0.446. The molecule has 1 N–H and O–H groups in total. The van der Waals surface area contributed by atoms with Gasteiger partial charge in [-0.15, -0.1) is 0 Å². The van der Waals surface area contributed by atoms with E-state index in [1.807, 2.05) is 6.92 Å². The van der Waals surface area contributed by atoms with Gasteiger partial charge in [0.2, 0.25) is 10.0 Å². The molecule has 0 bridgehead atoms. The Morgan fingerprint density at radius 2 is 1.77 bits per heavy atom. The smallest absolute Gasteiger partial charge is 0.211 e. The van der Waals surface area contributed by atoms with Crippen LogP contribution in [0.5, 0.6) is 0 Å². The quantitative estimate of drug-likeness (QED) is 0.721. The van der Waals surface area contributed by atoms with Gasteiger partial charge in [0.1, 0.15) is 0 Å². The van der Waals surface area contributed by atoms with E-state index in [0.717, 1.165) is 12.8 Å². The molecule has 2 unspecified atom stereocenters. The summed E-state index contributed by atoms with van der Waals surface area (Å²) in [5.41, 5.74) is 0. The Hall–Kier alpha value is -0.0900. The molecule has 0 aliphatic rings. The first kappa shape index (κ1) is 12.9. The van der Waals surface area contributed by atoms with Gasteiger partial charge in [0.25, 0.3) is 0 Å². The van der Waals surface area contributed by atoms with Crippen LogP contribution in [0.2, 0.25) is 0 Å². The molecular formula is C9H21NO2S. The highest BCUT2D eigenvalue weighted by Crippen LogP contribution is 2.09. The van der Waals surface area contributed by atoms with Crippen molar-refractivity contribution in [2.24, 2.45) is 5.92 Å². The summed E-state index contributed by atoms with van der Waals surface area (Å²) in [5, 5.41) is 0. The van der Waals surface area contributed by atoms with Crippen LogP contribution >= 0.6 is 0 Å². The van der Waals surface area contributed by atoms with Gasteiger partial charge in [-0.3, -0.25) is 0 Å². The molecule has 2 atom stereocenters. The van der Waals surface area contributed by atoms with Gasteiger partial charge in [-0.25, -0.2) is 13.1 Å². The molecule has 0 saturated carbocycles. The molecule has 4 heteroatoms. The number of sulfonamides is 1. The molecule has 0 radical (unpaired) electrons. The second kappa shape index (κ2) is 5.60. The minimum Gasteiger partial charge on any atom is -0.212 e. The Morgan fingerprint density at radius 1 is 1.23 bits per heavy atom. The highest BCUT2D eigenvalue weighted by atomic mass is 32.2. The summed E-state index contributed by atoms with van der Waals surface area (Å²) in [7, 11) is -3.02. The first-order valence-corrected chi connectivity index (χ1v) is 6.56. The second-order valence-corrected chi connectivity index (χ2v) is 5.71. The van der Waals surface area contributed by atoms with Gasteiger partial charge in [0.15, 0.2) is 0 Å². The Bertz CT molecular complexity index is 224. The summed E-state index contributed by atoms with van der Waals surface area (Å²) in [6, 6.07) is 0.0555. The van der Waals surface area contributed by atoms with Crippen LogP contribution in [0.15, 0.2) is 0 Å². The molecule has 0 saturated heterocycles. The van der Waals surface area contributed by atoms with E-state index in [4.69, 9.17) is 0 Å². The summed E-state index contributed by atoms with van der Waals surface area (Å²) < 4.78 is 25.0. The molecule has 3 nitrogen and oxygen atoms in total. The maximum absolute atomic E-state index is 11.2. The van der Waals surface area contributed by atoms with Crippen molar-refractivity contribution in [1.29, 1.82) is 0 Å². The zero-order chi connectivity index (χ0) is 10.5. The van der Waals surface area contributed by atoms with E-state index in [-0.39, 0.29) is 11.8 Å². The lowest BCUT2D eigenvalue weighted by Crippen LogP contribution is -2.34. The van der Waals surface area contributed by atoms with Crippen molar-refractivity contribution in [3.05, 3.63) is 0 Å².